The van der Waals surface area contributed by atoms with Gasteiger partial charge in [-0.05, 0) is 23.2 Å². The molecule has 2 aromatic carbocycles. The molecule has 1 aliphatic rings. The van der Waals surface area contributed by atoms with Crippen molar-refractivity contribution in [2.24, 2.45) is 0 Å². The number of thioether (sulfide) groups is 1. The molecule has 0 radical (unpaired) electrons. The molecule has 0 saturated carbocycles. The Morgan fingerprint density at radius 2 is 1.73 bits per heavy atom. The predicted molar refractivity (Wildman–Crippen MR) is 92.6 cm³/mol. The van der Waals surface area contributed by atoms with E-state index in [2.05, 4.69) is 53.8 Å². The molecule has 1 fully saturated rings. The van der Waals surface area contributed by atoms with E-state index in [-0.39, 0.29) is 7.12 Å². The van der Waals surface area contributed by atoms with Crippen LogP contribution in [0.2, 0.25) is 0 Å². The maximum atomic E-state index is 5.79. The number of hydrogen-bond acceptors (Lipinski definition) is 4. The van der Waals surface area contributed by atoms with Crippen LogP contribution in [0.25, 0.3) is 0 Å². The largest absolute Gasteiger partial charge is 0.493 e. The minimum absolute atomic E-state index is 0.251. The Hall–Kier alpha value is -1.27. The van der Waals surface area contributed by atoms with Gasteiger partial charge in [0.15, 0.2) is 0 Å². The van der Waals surface area contributed by atoms with E-state index in [0.29, 0.717) is 13.2 Å². The van der Waals surface area contributed by atoms with Gasteiger partial charge in [-0.1, -0.05) is 42.5 Å². The Labute approximate surface area is 136 Å². The van der Waals surface area contributed by atoms with Gasteiger partial charge in [0.25, 0.3) is 0 Å². The Bertz CT molecular complexity index is 574. The molecule has 1 N–H and O–H groups in total. The van der Waals surface area contributed by atoms with Gasteiger partial charge in [0.2, 0.25) is 0 Å². The Kier molecular flexibility index (Phi) is 5.96. The highest BCUT2D eigenvalue weighted by Crippen LogP contribution is 2.21. The van der Waals surface area contributed by atoms with Crippen LogP contribution >= 0.6 is 11.8 Å². The first-order valence-electron chi connectivity index (χ1n) is 7.62. The van der Waals surface area contributed by atoms with Gasteiger partial charge in [-0.25, -0.2) is 0 Å². The molecule has 0 bridgehead atoms. The van der Waals surface area contributed by atoms with Crippen molar-refractivity contribution in [2.75, 3.05) is 26.3 Å². The zero-order valence-corrected chi connectivity index (χ0v) is 13.4. The molecule has 2 aromatic rings. The van der Waals surface area contributed by atoms with E-state index in [4.69, 9.17) is 9.31 Å². The maximum Gasteiger partial charge on any atom is 0.493 e. The zero-order chi connectivity index (χ0) is 15.0. The SMILES string of the molecule is c1ccc(CSc2cccc(B3OCCNCCO3)c2)cc1. The molecular weight excluding hydrogens is 293 g/mol. The first-order valence-corrected chi connectivity index (χ1v) is 8.61. The zero-order valence-electron chi connectivity index (χ0n) is 12.5. The number of benzene rings is 2. The van der Waals surface area contributed by atoms with Gasteiger partial charge < -0.3 is 14.6 Å². The summed E-state index contributed by atoms with van der Waals surface area (Å²) < 4.78 is 11.6. The van der Waals surface area contributed by atoms with E-state index >= 15 is 0 Å². The highest BCUT2D eigenvalue weighted by Gasteiger charge is 2.22. The third-order valence-electron chi connectivity index (χ3n) is 3.47. The van der Waals surface area contributed by atoms with Crippen LogP contribution in [0.15, 0.2) is 59.5 Å². The summed E-state index contributed by atoms with van der Waals surface area (Å²) in [5, 5.41) is 3.25. The second kappa shape index (κ2) is 8.39. The minimum atomic E-state index is -0.251. The van der Waals surface area contributed by atoms with Crippen molar-refractivity contribution in [1.82, 2.24) is 5.32 Å². The molecule has 22 heavy (non-hydrogen) atoms. The highest BCUT2D eigenvalue weighted by molar-refractivity contribution is 7.98. The first-order chi connectivity index (χ1) is 10.9. The molecule has 0 unspecified atom stereocenters. The first kappa shape index (κ1) is 15.6. The average Bonchev–Trinajstić information content (AvgIpc) is 2.54. The van der Waals surface area contributed by atoms with E-state index in [9.17, 15) is 0 Å². The molecule has 3 nitrogen and oxygen atoms in total. The van der Waals surface area contributed by atoms with Crippen molar-refractivity contribution in [1.29, 1.82) is 0 Å². The smallest absolute Gasteiger partial charge is 0.406 e. The van der Waals surface area contributed by atoms with Crippen LogP contribution in [-0.4, -0.2) is 33.4 Å². The summed E-state index contributed by atoms with van der Waals surface area (Å²) in [5.74, 6) is 0.973. The van der Waals surface area contributed by atoms with Crippen molar-refractivity contribution < 1.29 is 9.31 Å². The number of hydrogen-bond donors (Lipinski definition) is 1. The van der Waals surface area contributed by atoms with E-state index in [1.54, 1.807) is 0 Å². The fourth-order valence-electron chi connectivity index (χ4n) is 2.33. The summed E-state index contributed by atoms with van der Waals surface area (Å²) in [4.78, 5) is 1.24. The second-order valence-corrected chi connectivity index (χ2v) is 6.22. The molecule has 0 spiro atoms. The summed E-state index contributed by atoms with van der Waals surface area (Å²) in [6.45, 7) is 3.10. The van der Waals surface area contributed by atoms with Crippen LogP contribution in [0.5, 0.6) is 0 Å². The van der Waals surface area contributed by atoms with E-state index < -0.39 is 0 Å². The topological polar surface area (TPSA) is 30.5 Å². The lowest BCUT2D eigenvalue weighted by atomic mass is 9.79. The molecule has 0 aliphatic carbocycles. The molecule has 0 amide bonds. The summed E-state index contributed by atoms with van der Waals surface area (Å²) in [6, 6.07) is 19.0. The average molecular weight is 313 g/mol. The van der Waals surface area contributed by atoms with Gasteiger partial charge in [-0.3, -0.25) is 0 Å². The van der Waals surface area contributed by atoms with Gasteiger partial charge in [0, 0.05) is 37.0 Å². The van der Waals surface area contributed by atoms with Gasteiger partial charge in [-0.15, -0.1) is 11.8 Å². The Morgan fingerprint density at radius 3 is 2.50 bits per heavy atom. The summed E-state index contributed by atoms with van der Waals surface area (Å²) in [7, 11) is -0.251. The lowest BCUT2D eigenvalue weighted by molar-refractivity contribution is 0.187. The van der Waals surface area contributed by atoms with Crippen molar-refractivity contribution in [3.63, 3.8) is 0 Å². The molecule has 0 aromatic heterocycles. The predicted octanol–water partition coefficient (Wildman–Crippen LogP) is 2.31. The molecular formula is C17H20BNO2S. The van der Waals surface area contributed by atoms with Crippen molar-refractivity contribution in [3.8, 4) is 0 Å². The second-order valence-electron chi connectivity index (χ2n) is 5.17. The van der Waals surface area contributed by atoms with Crippen LogP contribution in [0.4, 0.5) is 0 Å². The van der Waals surface area contributed by atoms with E-state index in [1.807, 2.05) is 17.8 Å². The fraction of sp³-hybridized carbons (Fsp3) is 0.294. The molecule has 1 aliphatic heterocycles. The third kappa shape index (κ3) is 4.61. The van der Waals surface area contributed by atoms with Crippen LogP contribution in [0.1, 0.15) is 5.56 Å². The Balaban J connectivity index is 1.63. The van der Waals surface area contributed by atoms with Gasteiger partial charge in [-0.2, -0.15) is 0 Å². The van der Waals surface area contributed by atoms with Crippen molar-refractivity contribution in [3.05, 3.63) is 60.2 Å². The maximum absolute atomic E-state index is 5.79. The third-order valence-corrected chi connectivity index (χ3v) is 4.54. The summed E-state index contributed by atoms with van der Waals surface area (Å²) >= 11 is 1.84. The molecule has 1 saturated heterocycles. The normalized spacial score (nSPS) is 16.1. The molecule has 114 valence electrons. The van der Waals surface area contributed by atoms with E-state index in [0.717, 1.165) is 24.3 Å². The van der Waals surface area contributed by atoms with Gasteiger partial charge in [0.1, 0.15) is 0 Å². The molecule has 0 atom stereocenters. The van der Waals surface area contributed by atoms with Crippen molar-refractivity contribution >= 4 is 24.3 Å². The summed E-state index contributed by atoms with van der Waals surface area (Å²) in [5.41, 5.74) is 2.43. The quantitative estimate of drug-likeness (QED) is 0.693. The number of rotatable bonds is 4. The van der Waals surface area contributed by atoms with Crippen LogP contribution in [0, 0.1) is 0 Å². The lowest BCUT2D eigenvalue weighted by Crippen LogP contribution is -2.43. The van der Waals surface area contributed by atoms with Gasteiger partial charge >= 0.3 is 7.12 Å². The summed E-state index contributed by atoms with van der Waals surface area (Å²) in [6.07, 6.45) is 0. The van der Waals surface area contributed by atoms with Crippen LogP contribution in [-0.2, 0) is 15.1 Å². The monoisotopic (exact) mass is 313 g/mol. The van der Waals surface area contributed by atoms with E-state index in [1.165, 1.54) is 10.5 Å². The minimum Gasteiger partial charge on any atom is -0.406 e. The molecule has 1 heterocycles. The molecule has 5 heteroatoms. The van der Waals surface area contributed by atoms with Crippen LogP contribution < -0.4 is 10.8 Å². The van der Waals surface area contributed by atoms with Crippen LogP contribution in [0.3, 0.4) is 0 Å². The fourth-order valence-corrected chi connectivity index (χ4v) is 3.25. The standard InChI is InChI=1S/C17H20BNO2S/c1-2-5-15(6-3-1)14-22-17-8-4-7-16(13-17)18-20-11-9-19-10-12-21-18/h1-8,13,19H,9-12,14H2. The van der Waals surface area contributed by atoms with Gasteiger partial charge in [0.05, 0.1) is 0 Å². The highest BCUT2D eigenvalue weighted by atomic mass is 32.2. The van der Waals surface area contributed by atoms with Crippen molar-refractivity contribution in [2.45, 2.75) is 10.6 Å². The molecule has 3 rings (SSSR count). The number of nitrogens with one attached hydrogen (secondary N) is 1. The Morgan fingerprint density at radius 1 is 0.955 bits per heavy atom. The lowest BCUT2D eigenvalue weighted by Gasteiger charge is -2.19.